The van der Waals surface area contributed by atoms with Crippen molar-refractivity contribution in [3.63, 3.8) is 0 Å². The van der Waals surface area contributed by atoms with E-state index in [1.54, 1.807) is 0 Å². The summed E-state index contributed by atoms with van der Waals surface area (Å²) >= 11 is 0. The fraction of sp³-hybridized carbons (Fsp3) is 0.826. The fourth-order valence-corrected chi connectivity index (χ4v) is 12.2. The van der Waals surface area contributed by atoms with E-state index in [-0.39, 0.29) is 127 Å². The Labute approximate surface area is 434 Å². The normalized spacial score (nSPS) is 27.0. The van der Waals surface area contributed by atoms with Gasteiger partial charge in [0.2, 0.25) is 0 Å². The number of aliphatic carboxylic acids is 5. The third-order valence-corrected chi connectivity index (χ3v) is 15.2. The third-order valence-electron chi connectivity index (χ3n) is 15.2. The summed E-state index contributed by atoms with van der Waals surface area (Å²) in [6.45, 7) is 8.37. The summed E-state index contributed by atoms with van der Waals surface area (Å²) in [5.74, 6) is -3.32. The molecule has 18 heteroatoms. The van der Waals surface area contributed by atoms with E-state index in [1.165, 1.54) is 55.4 Å². The number of carboxylic acid groups (broad SMARTS) is 5. The standard InChI is InChI=1S/C46H76N4O12.Gd.Na/c1-30(2)9-8-10-31(3)35-14-15-36-34-13-12-32-25-33(16-18-45(32,4)37(34)17-19-46(35,36)5)62-44(61)47-20-7-6-11-38(43(59)60)50(23-21-48(26-39(51)52)27-40(53)54)24-22-49(28-41(55)56)29-42(57)58;;/h12,30-31,33-38H,6-11,13-29H2,1-5H3,(H,47,61)(H,51,52)(H,53,54)(H,55,56)(H,57,58)(H,59,60);;/q;+3;+1/p-5/t31?,33-,34?,35+,36?,37?,38-,45-,46+;;/m0../s1. The molecule has 64 heavy (non-hydrogen) atoms. The molecule has 3 fully saturated rings. The second kappa shape index (κ2) is 27.5. The van der Waals surface area contributed by atoms with E-state index in [2.05, 4.69) is 46.0 Å². The smallest absolute Gasteiger partial charge is 0.549 e. The summed E-state index contributed by atoms with van der Waals surface area (Å²) < 4.78 is 5.92. The number of amides is 1. The van der Waals surface area contributed by atoms with Gasteiger partial charge in [0.15, 0.2) is 0 Å². The number of hydrogen-bond acceptors (Lipinski definition) is 15. The van der Waals surface area contributed by atoms with Gasteiger partial charge in [-0.1, -0.05) is 65.5 Å². The molecule has 9 atom stereocenters. The van der Waals surface area contributed by atoms with E-state index >= 15 is 0 Å². The van der Waals surface area contributed by atoms with Crippen molar-refractivity contribution in [2.45, 2.75) is 137 Å². The molecule has 0 bridgehead atoms. The first kappa shape index (κ1) is 58.7. The zero-order chi connectivity index (χ0) is 45.8. The van der Waals surface area contributed by atoms with Crippen molar-refractivity contribution < 1.29 is 129 Å². The van der Waals surface area contributed by atoms with Crippen LogP contribution in [0.1, 0.15) is 125 Å². The predicted octanol–water partition coefficient (Wildman–Crippen LogP) is -3.68. The van der Waals surface area contributed by atoms with Crippen LogP contribution >= 0.6 is 0 Å². The minimum atomic E-state index is -1.57. The van der Waals surface area contributed by atoms with Crippen LogP contribution < -0.4 is 60.4 Å². The molecule has 0 aromatic carbocycles. The molecular weight excluding hydrogens is 981 g/mol. The van der Waals surface area contributed by atoms with Crippen LogP contribution in [0.5, 0.6) is 0 Å². The Hall–Kier alpha value is -1.44. The number of carbonyl (C=O) groups is 6. The summed E-state index contributed by atoms with van der Waals surface area (Å²) in [4.78, 5) is 73.5. The number of carboxylic acids is 5. The molecule has 1 N–H and O–H groups in total. The molecule has 0 saturated heterocycles. The van der Waals surface area contributed by atoms with Gasteiger partial charge in [-0.2, -0.15) is 0 Å². The molecule has 16 nitrogen and oxygen atoms in total. The Bertz CT molecular complexity index is 1530. The Morgan fingerprint density at radius 3 is 1.84 bits per heavy atom. The largest absolute Gasteiger partial charge is 3.00 e. The van der Waals surface area contributed by atoms with Crippen LogP contribution in [0.15, 0.2) is 11.6 Å². The number of rotatable bonds is 27. The minimum Gasteiger partial charge on any atom is -0.549 e. The van der Waals surface area contributed by atoms with Crippen molar-refractivity contribution in [2.24, 2.45) is 46.3 Å². The molecule has 4 unspecified atom stereocenters. The third kappa shape index (κ3) is 17.0. The van der Waals surface area contributed by atoms with Crippen molar-refractivity contribution in [3.05, 3.63) is 11.6 Å². The molecule has 0 spiro atoms. The van der Waals surface area contributed by atoms with Gasteiger partial charge >= 0.3 is 75.6 Å². The number of carbonyl (C=O) groups excluding carboxylic acids is 6. The first-order chi connectivity index (χ1) is 29.2. The zero-order valence-electron chi connectivity index (χ0n) is 39.1. The number of fused-ring (bicyclic) bond motifs is 5. The van der Waals surface area contributed by atoms with Crippen LogP contribution in [-0.4, -0.2) is 122 Å². The van der Waals surface area contributed by atoms with Crippen LogP contribution in [0, 0.1) is 86.3 Å². The molecule has 0 aliphatic heterocycles. The molecule has 4 aliphatic rings. The van der Waals surface area contributed by atoms with Crippen molar-refractivity contribution >= 4 is 35.9 Å². The summed E-state index contributed by atoms with van der Waals surface area (Å²) in [6.07, 6.45) is 15.2. The van der Waals surface area contributed by atoms with Gasteiger partial charge in [-0.05, 0) is 111 Å². The molecule has 4 rings (SSSR count). The average molecular weight is 1050 g/mol. The number of nitrogens with zero attached hydrogens (tertiary/aromatic N) is 3. The second-order valence-corrected chi connectivity index (χ2v) is 19.8. The summed E-state index contributed by atoms with van der Waals surface area (Å²) in [7, 11) is 0. The van der Waals surface area contributed by atoms with E-state index in [1.807, 2.05) is 0 Å². The molecule has 1 radical (unpaired) electrons. The maximum atomic E-state index is 13.0. The number of ether oxygens (including phenoxy) is 1. The number of nitrogens with one attached hydrogen (secondary N) is 1. The number of hydrogen-bond donors (Lipinski definition) is 1. The predicted molar refractivity (Wildman–Crippen MR) is 218 cm³/mol. The topological polar surface area (TPSA) is 249 Å². The van der Waals surface area contributed by atoms with Crippen molar-refractivity contribution in [2.75, 3.05) is 58.9 Å². The first-order valence-electron chi connectivity index (χ1n) is 23.1. The zero-order valence-corrected chi connectivity index (χ0v) is 43.3. The van der Waals surface area contributed by atoms with Gasteiger partial charge in [0.05, 0.1) is 29.8 Å². The Morgan fingerprint density at radius 2 is 1.31 bits per heavy atom. The number of allylic oxidation sites excluding steroid dienone is 1. The Morgan fingerprint density at radius 1 is 0.734 bits per heavy atom. The maximum absolute atomic E-state index is 13.0. The van der Waals surface area contributed by atoms with Gasteiger partial charge in [-0.15, -0.1) is 0 Å². The van der Waals surface area contributed by atoms with Gasteiger partial charge in [0, 0.05) is 71.4 Å². The fourth-order valence-electron chi connectivity index (χ4n) is 12.2. The molecular formula is C46H71GdN4NaO12-. The molecule has 357 valence electrons. The van der Waals surface area contributed by atoms with Crippen LogP contribution in [0.2, 0.25) is 0 Å². The van der Waals surface area contributed by atoms with Gasteiger partial charge in [0.25, 0.3) is 0 Å². The maximum Gasteiger partial charge on any atom is 3.00 e. The number of alkyl carbamates (subject to hydrolysis) is 1. The molecule has 0 heterocycles. The number of unbranched alkanes of at least 4 members (excludes halogenated alkanes) is 1. The molecule has 0 aromatic heterocycles. The van der Waals surface area contributed by atoms with E-state index < -0.39 is 68.2 Å². The average Bonchev–Trinajstić information content (AvgIpc) is 3.52. The van der Waals surface area contributed by atoms with Crippen molar-refractivity contribution in [1.82, 2.24) is 20.0 Å². The van der Waals surface area contributed by atoms with Crippen LogP contribution in [0.4, 0.5) is 4.79 Å². The van der Waals surface area contributed by atoms with Crippen molar-refractivity contribution in [1.29, 1.82) is 0 Å². The van der Waals surface area contributed by atoms with Crippen LogP contribution in [-0.2, 0) is 28.7 Å². The van der Waals surface area contributed by atoms with E-state index in [9.17, 15) is 54.3 Å². The summed E-state index contributed by atoms with van der Waals surface area (Å²) in [5.41, 5.74) is 1.95. The molecule has 4 aliphatic carbocycles. The Balaban J connectivity index is 0.00000704. The van der Waals surface area contributed by atoms with Crippen LogP contribution in [0.3, 0.4) is 0 Å². The van der Waals surface area contributed by atoms with Gasteiger partial charge in [-0.3, -0.25) is 14.7 Å². The molecule has 1 amide bonds. The summed E-state index contributed by atoms with van der Waals surface area (Å²) in [6, 6.07) is -1.31. The Kier molecular flexibility index (Phi) is 25.2. The quantitative estimate of drug-likeness (QED) is 0.0473. The van der Waals surface area contributed by atoms with E-state index in [0.717, 1.165) is 59.2 Å². The SMILES string of the molecule is CC(C)CCCC(C)[C@H]1CCC2C3CC=C4C[C@@H](OC(=O)NCCCC[C@@H](C(=O)[O-])N(CCN(CC(=O)[O-])CC(=O)[O-])CCN(CC(=O)[O-])CC(=O)[O-])CC[C@]4(C)C3CC[C@@]21C.[Gd+3].[Na+]. The van der Waals surface area contributed by atoms with Gasteiger partial charge in [-0.25, -0.2) is 4.79 Å². The van der Waals surface area contributed by atoms with Gasteiger partial charge < -0.3 is 59.6 Å². The molecule has 3 saturated carbocycles. The van der Waals surface area contributed by atoms with Gasteiger partial charge in [0.1, 0.15) is 6.10 Å². The minimum absolute atomic E-state index is 0. The van der Waals surface area contributed by atoms with Crippen molar-refractivity contribution in [3.8, 4) is 0 Å². The second-order valence-electron chi connectivity index (χ2n) is 19.8. The van der Waals surface area contributed by atoms with Crippen LogP contribution in [0.25, 0.3) is 0 Å². The van der Waals surface area contributed by atoms with E-state index in [0.29, 0.717) is 23.7 Å². The summed E-state index contributed by atoms with van der Waals surface area (Å²) in [5, 5.41) is 60.0. The monoisotopic (exact) mass is 1050 g/mol. The first-order valence-corrected chi connectivity index (χ1v) is 23.1. The molecule has 0 aromatic rings. The van der Waals surface area contributed by atoms with E-state index in [4.69, 9.17) is 4.74 Å².